The summed E-state index contributed by atoms with van der Waals surface area (Å²) < 4.78 is 26.1. The Balaban J connectivity index is 3.08. The van der Waals surface area contributed by atoms with Gasteiger partial charge in [0.05, 0.1) is 6.04 Å². The lowest BCUT2D eigenvalue weighted by atomic mass is 10.3. The minimum absolute atomic E-state index is 0.214. The average Bonchev–Trinajstić information content (AvgIpc) is 2.37. The predicted molar refractivity (Wildman–Crippen MR) is 62.8 cm³/mol. The number of likely N-dealkylation sites (N-methyl/N-ethyl adjacent to an activating group) is 1. The van der Waals surface area contributed by atoms with Gasteiger partial charge < -0.3 is 5.32 Å². The highest BCUT2D eigenvalue weighted by atomic mass is 32.2. The SMILES string of the molecule is CNC(=O)C(C)NS(=O)(=O)c1cccnc1C#N. The molecule has 1 unspecified atom stereocenters. The number of carbonyl (C=O) groups is 1. The number of aromatic nitrogens is 1. The fraction of sp³-hybridized carbons (Fsp3) is 0.300. The maximum Gasteiger partial charge on any atom is 0.244 e. The van der Waals surface area contributed by atoms with Gasteiger partial charge in [0.1, 0.15) is 11.0 Å². The summed E-state index contributed by atoms with van der Waals surface area (Å²) in [6.45, 7) is 1.40. The van der Waals surface area contributed by atoms with Gasteiger partial charge in [0, 0.05) is 13.2 Å². The summed E-state index contributed by atoms with van der Waals surface area (Å²) >= 11 is 0. The fourth-order valence-corrected chi connectivity index (χ4v) is 2.57. The van der Waals surface area contributed by atoms with E-state index in [-0.39, 0.29) is 10.6 Å². The second-order valence-corrected chi connectivity index (χ2v) is 5.10. The summed E-state index contributed by atoms with van der Waals surface area (Å²) in [5.41, 5.74) is -0.214. The first kappa shape index (κ1) is 14.1. The van der Waals surface area contributed by atoms with E-state index >= 15 is 0 Å². The van der Waals surface area contributed by atoms with Crippen molar-refractivity contribution >= 4 is 15.9 Å². The molecule has 7 nitrogen and oxygen atoms in total. The molecule has 0 spiro atoms. The van der Waals surface area contributed by atoms with Gasteiger partial charge in [-0.1, -0.05) is 0 Å². The molecule has 18 heavy (non-hydrogen) atoms. The third kappa shape index (κ3) is 3.03. The standard InChI is InChI=1S/C10H12N4O3S/c1-7(10(15)12-2)14-18(16,17)9-4-3-5-13-8(9)6-11/h3-5,7,14H,1-2H3,(H,12,15). The van der Waals surface area contributed by atoms with Crippen molar-refractivity contribution in [3.8, 4) is 6.07 Å². The van der Waals surface area contributed by atoms with Crippen molar-refractivity contribution in [2.24, 2.45) is 0 Å². The number of nitriles is 1. The summed E-state index contributed by atoms with van der Waals surface area (Å²) in [5, 5.41) is 11.1. The van der Waals surface area contributed by atoms with Gasteiger partial charge in [0.2, 0.25) is 15.9 Å². The monoisotopic (exact) mass is 268 g/mol. The van der Waals surface area contributed by atoms with Crippen LogP contribution in [0.4, 0.5) is 0 Å². The molecule has 1 aromatic rings. The van der Waals surface area contributed by atoms with Gasteiger partial charge in [-0.2, -0.15) is 9.98 Å². The molecule has 2 N–H and O–H groups in total. The quantitative estimate of drug-likeness (QED) is 0.754. The van der Waals surface area contributed by atoms with E-state index in [0.717, 1.165) is 0 Å². The van der Waals surface area contributed by atoms with Crippen LogP contribution in [-0.2, 0) is 14.8 Å². The third-order valence-electron chi connectivity index (χ3n) is 2.14. The molecule has 1 aromatic heterocycles. The van der Waals surface area contributed by atoms with Crippen LogP contribution in [0, 0.1) is 11.3 Å². The van der Waals surface area contributed by atoms with E-state index in [4.69, 9.17) is 5.26 Å². The van der Waals surface area contributed by atoms with Crippen molar-refractivity contribution in [1.29, 1.82) is 5.26 Å². The van der Waals surface area contributed by atoms with Crippen LogP contribution in [-0.4, -0.2) is 32.4 Å². The van der Waals surface area contributed by atoms with Crippen LogP contribution in [0.25, 0.3) is 0 Å². The number of rotatable bonds is 4. The molecule has 96 valence electrons. The molecule has 0 aliphatic carbocycles. The molecule has 0 aliphatic rings. The molecule has 1 heterocycles. The van der Waals surface area contributed by atoms with Crippen LogP contribution < -0.4 is 10.0 Å². The molecule has 0 saturated carbocycles. The van der Waals surface area contributed by atoms with Gasteiger partial charge in [-0.3, -0.25) is 4.79 Å². The number of sulfonamides is 1. The number of nitrogens with zero attached hydrogens (tertiary/aromatic N) is 2. The van der Waals surface area contributed by atoms with Crippen LogP contribution in [0.3, 0.4) is 0 Å². The Bertz CT molecular complexity index is 591. The average molecular weight is 268 g/mol. The van der Waals surface area contributed by atoms with Crippen molar-refractivity contribution in [2.45, 2.75) is 17.9 Å². The van der Waals surface area contributed by atoms with Crippen LogP contribution >= 0.6 is 0 Å². The minimum Gasteiger partial charge on any atom is -0.358 e. The van der Waals surface area contributed by atoms with Crippen molar-refractivity contribution in [3.05, 3.63) is 24.0 Å². The van der Waals surface area contributed by atoms with Crippen LogP contribution in [0.1, 0.15) is 12.6 Å². The van der Waals surface area contributed by atoms with Crippen molar-refractivity contribution in [2.75, 3.05) is 7.05 Å². The second-order valence-electron chi connectivity index (χ2n) is 3.42. The molecule has 1 rings (SSSR count). The first-order chi connectivity index (χ1) is 8.42. The van der Waals surface area contributed by atoms with Crippen molar-refractivity contribution in [1.82, 2.24) is 15.0 Å². The lowest BCUT2D eigenvalue weighted by Crippen LogP contribution is -2.43. The number of hydrogen-bond acceptors (Lipinski definition) is 5. The number of nitrogens with one attached hydrogen (secondary N) is 2. The highest BCUT2D eigenvalue weighted by Crippen LogP contribution is 2.12. The number of carbonyl (C=O) groups excluding carboxylic acids is 1. The van der Waals surface area contributed by atoms with E-state index in [9.17, 15) is 13.2 Å². The van der Waals surface area contributed by atoms with E-state index in [2.05, 4.69) is 15.0 Å². The van der Waals surface area contributed by atoms with Gasteiger partial charge >= 0.3 is 0 Å². The Morgan fingerprint density at radius 3 is 2.78 bits per heavy atom. The molecule has 8 heteroatoms. The van der Waals surface area contributed by atoms with Gasteiger partial charge in [-0.15, -0.1) is 0 Å². The van der Waals surface area contributed by atoms with Gasteiger partial charge in [-0.25, -0.2) is 13.4 Å². The Kier molecular flexibility index (Phi) is 4.36. The van der Waals surface area contributed by atoms with Gasteiger partial charge in [0.15, 0.2) is 5.69 Å². The summed E-state index contributed by atoms with van der Waals surface area (Å²) in [7, 11) is -2.55. The summed E-state index contributed by atoms with van der Waals surface area (Å²) in [6, 6.07) is 3.41. The Morgan fingerprint density at radius 1 is 1.56 bits per heavy atom. The lowest BCUT2D eigenvalue weighted by molar-refractivity contribution is -0.121. The largest absolute Gasteiger partial charge is 0.358 e. The molecule has 0 aromatic carbocycles. The Morgan fingerprint density at radius 2 is 2.22 bits per heavy atom. The van der Waals surface area contributed by atoms with E-state index in [1.54, 1.807) is 6.07 Å². The Labute approximate surface area is 105 Å². The molecule has 0 aliphatic heterocycles. The molecule has 0 radical (unpaired) electrons. The highest BCUT2D eigenvalue weighted by molar-refractivity contribution is 7.89. The minimum atomic E-state index is -3.95. The van der Waals surface area contributed by atoms with E-state index < -0.39 is 22.0 Å². The fourth-order valence-electron chi connectivity index (χ4n) is 1.26. The zero-order valence-corrected chi connectivity index (χ0v) is 10.7. The number of hydrogen-bond donors (Lipinski definition) is 2. The molecule has 1 amide bonds. The summed E-state index contributed by atoms with van der Waals surface area (Å²) in [6.07, 6.45) is 1.32. The second kappa shape index (κ2) is 5.57. The zero-order valence-electron chi connectivity index (χ0n) is 9.84. The van der Waals surface area contributed by atoms with Crippen molar-refractivity contribution < 1.29 is 13.2 Å². The van der Waals surface area contributed by atoms with Crippen LogP contribution in [0.5, 0.6) is 0 Å². The molecule has 0 saturated heterocycles. The molecule has 0 bridgehead atoms. The third-order valence-corrected chi connectivity index (χ3v) is 3.71. The zero-order chi connectivity index (χ0) is 13.8. The highest BCUT2D eigenvalue weighted by Gasteiger charge is 2.24. The van der Waals surface area contributed by atoms with Gasteiger partial charge in [-0.05, 0) is 19.1 Å². The van der Waals surface area contributed by atoms with Crippen LogP contribution in [0.2, 0.25) is 0 Å². The normalized spacial score (nSPS) is 12.5. The molecular formula is C10H12N4O3S. The molecular weight excluding hydrogens is 256 g/mol. The topological polar surface area (TPSA) is 112 Å². The summed E-state index contributed by atoms with van der Waals surface area (Å²) in [4.78, 5) is 14.7. The van der Waals surface area contributed by atoms with E-state index in [0.29, 0.717) is 0 Å². The first-order valence-corrected chi connectivity index (χ1v) is 6.49. The number of amides is 1. The maximum atomic E-state index is 12.0. The van der Waals surface area contributed by atoms with Gasteiger partial charge in [0.25, 0.3) is 0 Å². The predicted octanol–water partition coefficient (Wildman–Crippen LogP) is -0.634. The lowest BCUT2D eigenvalue weighted by Gasteiger charge is -2.12. The summed E-state index contributed by atoms with van der Waals surface area (Å²) in [5.74, 6) is -0.471. The smallest absolute Gasteiger partial charge is 0.244 e. The van der Waals surface area contributed by atoms with Crippen LogP contribution in [0.15, 0.2) is 23.2 Å². The first-order valence-electron chi connectivity index (χ1n) is 5.01. The maximum absolute atomic E-state index is 12.0. The van der Waals surface area contributed by atoms with E-state index in [1.165, 1.54) is 32.3 Å². The molecule has 0 fully saturated rings. The Hall–Kier alpha value is -1.98. The van der Waals surface area contributed by atoms with E-state index in [1.807, 2.05) is 0 Å². The van der Waals surface area contributed by atoms with Crippen molar-refractivity contribution in [3.63, 3.8) is 0 Å². The number of pyridine rings is 1. The molecule has 1 atom stereocenters.